The van der Waals surface area contributed by atoms with E-state index in [1.807, 2.05) is 32.3 Å². The van der Waals surface area contributed by atoms with Crippen LogP contribution in [0.3, 0.4) is 0 Å². The first-order valence-electron chi connectivity index (χ1n) is 9.68. The number of carbonyl (C=O) groups is 2. The zero-order valence-electron chi connectivity index (χ0n) is 17.1. The lowest BCUT2D eigenvalue weighted by Gasteiger charge is -2.33. The number of anilines is 2. The van der Waals surface area contributed by atoms with Gasteiger partial charge in [-0.15, -0.1) is 0 Å². The molecule has 1 atom stereocenters. The average Bonchev–Trinajstić information content (AvgIpc) is 2.70. The van der Waals surface area contributed by atoms with E-state index in [2.05, 4.69) is 10.2 Å². The Bertz CT molecular complexity index is 854. The predicted octanol–water partition coefficient (Wildman–Crippen LogP) is 2.77. The minimum Gasteiger partial charge on any atom is -0.484 e. The second-order valence-corrected chi connectivity index (χ2v) is 7.24. The number of ether oxygens (including phenoxy) is 2. The Morgan fingerprint density at radius 2 is 1.97 bits per heavy atom. The van der Waals surface area contributed by atoms with E-state index in [9.17, 15) is 9.59 Å². The molecule has 3 rings (SSSR count). The van der Waals surface area contributed by atoms with Crippen LogP contribution in [-0.4, -0.2) is 56.6 Å². The van der Waals surface area contributed by atoms with Gasteiger partial charge in [-0.1, -0.05) is 18.2 Å². The summed E-state index contributed by atoms with van der Waals surface area (Å²) in [6.07, 6.45) is 0.313. The van der Waals surface area contributed by atoms with Crippen LogP contribution in [0.15, 0.2) is 48.5 Å². The molecule has 1 aliphatic heterocycles. The molecule has 7 nitrogen and oxygen atoms in total. The Morgan fingerprint density at radius 3 is 2.69 bits per heavy atom. The van der Waals surface area contributed by atoms with Crippen molar-refractivity contribution in [1.29, 1.82) is 0 Å². The van der Waals surface area contributed by atoms with Gasteiger partial charge >= 0.3 is 0 Å². The second-order valence-electron chi connectivity index (χ2n) is 7.24. The summed E-state index contributed by atoms with van der Waals surface area (Å²) in [5.74, 6) is 0.921. The highest BCUT2D eigenvalue weighted by molar-refractivity contribution is 6.01. The van der Waals surface area contributed by atoms with Gasteiger partial charge in [0.1, 0.15) is 11.5 Å². The van der Waals surface area contributed by atoms with Crippen molar-refractivity contribution in [2.24, 2.45) is 0 Å². The van der Waals surface area contributed by atoms with E-state index in [-0.39, 0.29) is 18.4 Å². The maximum absolute atomic E-state index is 12.6. The third kappa shape index (κ3) is 5.48. The number of nitrogens with one attached hydrogen (secondary N) is 1. The van der Waals surface area contributed by atoms with Gasteiger partial charge in [0, 0.05) is 12.2 Å². The minimum absolute atomic E-state index is 0.0767. The van der Waals surface area contributed by atoms with Crippen molar-refractivity contribution in [2.75, 3.05) is 44.0 Å². The van der Waals surface area contributed by atoms with Crippen molar-refractivity contribution in [2.45, 2.75) is 19.4 Å². The van der Waals surface area contributed by atoms with Crippen LogP contribution in [0.25, 0.3) is 0 Å². The third-order valence-corrected chi connectivity index (χ3v) is 4.55. The SMILES string of the molecule is CC1Oc2ccc(NC(=O)COc3ccccc3)cc2N(CCCN(C)C)C1=O. The first-order chi connectivity index (χ1) is 13.9. The summed E-state index contributed by atoms with van der Waals surface area (Å²) < 4.78 is 11.2. The molecule has 0 aliphatic carbocycles. The Balaban J connectivity index is 1.68. The average molecular weight is 397 g/mol. The minimum atomic E-state index is -0.526. The maximum atomic E-state index is 12.6. The summed E-state index contributed by atoms with van der Waals surface area (Å²) in [4.78, 5) is 28.7. The summed E-state index contributed by atoms with van der Waals surface area (Å²) >= 11 is 0. The molecule has 2 aromatic carbocycles. The summed E-state index contributed by atoms with van der Waals surface area (Å²) in [6.45, 7) is 3.12. The molecular weight excluding hydrogens is 370 g/mol. The van der Waals surface area contributed by atoms with Crippen molar-refractivity contribution in [3.63, 3.8) is 0 Å². The standard InChI is InChI=1S/C22H27N3O4/c1-16-22(27)25(13-7-12-24(2)3)19-14-17(10-11-20(19)29-16)23-21(26)15-28-18-8-5-4-6-9-18/h4-6,8-11,14,16H,7,12-13,15H2,1-3H3,(H,23,26). The van der Waals surface area contributed by atoms with Crippen LogP contribution in [0, 0.1) is 0 Å². The Hall–Kier alpha value is -3.06. The highest BCUT2D eigenvalue weighted by atomic mass is 16.5. The lowest BCUT2D eigenvalue weighted by atomic mass is 10.1. The van der Waals surface area contributed by atoms with Crippen molar-refractivity contribution >= 4 is 23.2 Å². The maximum Gasteiger partial charge on any atom is 0.267 e. The van der Waals surface area contributed by atoms with Gasteiger partial charge in [-0.2, -0.15) is 0 Å². The van der Waals surface area contributed by atoms with Crippen molar-refractivity contribution < 1.29 is 19.1 Å². The fraction of sp³-hybridized carbons (Fsp3) is 0.364. The van der Waals surface area contributed by atoms with Crippen LogP contribution < -0.4 is 19.7 Å². The van der Waals surface area contributed by atoms with Gasteiger partial charge in [-0.3, -0.25) is 9.59 Å². The van der Waals surface area contributed by atoms with Crippen molar-refractivity contribution in [3.05, 3.63) is 48.5 Å². The summed E-state index contributed by atoms with van der Waals surface area (Å²) in [7, 11) is 4.01. The molecule has 7 heteroatoms. The molecule has 0 aromatic heterocycles. The number of amides is 2. The highest BCUT2D eigenvalue weighted by Crippen LogP contribution is 2.36. The van der Waals surface area contributed by atoms with Crippen molar-refractivity contribution in [3.8, 4) is 11.5 Å². The Kier molecular flexibility index (Phi) is 6.72. The van der Waals surface area contributed by atoms with Gasteiger partial charge in [-0.25, -0.2) is 0 Å². The largest absolute Gasteiger partial charge is 0.484 e. The van der Waals surface area contributed by atoms with Gasteiger partial charge in [0.15, 0.2) is 12.7 Å². The molecule has 0 saturated carbocycles. The topological polar surface area (TPSA) is 71.1 Å². The van der Waals surface area contributed by atoms with E-state index < -0.39 is 6.10 Å². The molecule has 0 saturated heterocycles. The van der Waals surface area contributed by atoms with Crippen LogP contribution in [0.4, 0.5) is 11.4 Å². The fourth-order valence-corrected chi connectivity index (χ4v) is 3.12. The summed E-state index contributed by atoms with van der Waals surface area (Å²) in [5, 5.41) is 2.82. The zero-order valence-corrected chi connectivity index (χ0v) is 17.1. The molecule has 29 heavy (non-hydrogen) atoms. The highest BCUT2D eigenvalue weighted by Gasteiger charge is 2.31. The van der Waals surface area contributed by atoms with Crippen LogP contribution in [0.5, 0.6) is 11.5 Å². The summed E-state index contributed by atoms with van der Waals surface area (Å²) in [5.41, 5.74) is 1.27. The van der Waals surface area contributed by atoms with Crippen molar-refractivity contribution in [1.82, 2.24) is 4.90 Å². The molecule has 154 valence electrons. The fourth-order valence-electron chi connectivity index (χ4n) is 3.12. The van der Waals surface area contributed by atoms with Gasteiger partial charge in [-0.05, 0) is 64.3 Å². The van der Waals surface area contributed by atoms with E-state index in [1.165, 1.54) is 0 Å². The second kappa shape index (κ2) is 9.43. The lowest BCUT2D eigenvalue weighted by molar-refractivity contribution is -0.125. The molecule has 2 amide bonds. The first-order valence-corrected chi connectivity index (χ1v) is 9.68. The van der Waals surface area contributed by atoms with E-state index >= 15 is 0 Å². The monoisotopic (exact) mass is 397 g/mol. The van der Waals surface area contributed by atoms with Gasteiger partial charge in [0.05, 0.1) is 5.69 Å². The number of hydrogen-bond acceptors (Lipinski definition) is 5. The third-order valence-electron chi connectivity index (χ3n) is 4.55. The number of nitrogens with zero attached hydrogens (tertiary/aromatic N) is 2. The molecule has 0 radical (unpaired) electrons. The van der Waals surface area contributed by atoms with Crippen LogP contribution in [0.1, 0.15) is 13.3 Å². The number of para-hydroxylation sites is 1. The van der Waals surface area contributed by atoms with E-state index in [1.54, 1.807) is 42.2 Å². The molecule has 0 bridgehead atoms. The lowest BCUT2D eigenvalue weighted by Crippen LogP contribution is -2.45. The summed E-state index contributed by atoms with van der Waals surface area (Å²) in [6, 6.07) is 14.5. The molecule has 1 heterocycles. The number of rotatable bonds is 8. The number of benzene rings is 2. The normalized spacial score (nSPS) is 15.7. The molecule has 0 spiro atoms. The Labute approximate surface area is 171 Å². The smallest absolute Gasteiger partial charge is 0.267 e. The quantitative estimate of drug-likeness (QED) is 0.742. The van der Waals surface area contributed by atoms with E-state index in [4.69, 9.17) is 9.47 Å². The Morgan fingerprint density at radius 1 is 1.21 bits per heavy atom. The molecule has 1 aliphatic rings. The first kappa shape index (κ1) is 20.7. The molecule has 1 unspecified atom stereocenters. The molecule has 0 fully saturated rings. The zero-order chi connectivity index (χ0) is 20.8. The predicted molar refractivity (Wildman–Crippen MR) is 113 cm³/mol. The van der Waals surface area contributed by atoms with Crippen LogP contribution >= 0.6 is 0 Å². The van der Waals surface area contributed by atoms with E-state index in [0.717, 1.165) is 13.0 Å². The van der Waals surface area contributed by atoms with Gasteiger partial charge < -0.3 is 24.6 Å². The van der Waals surface area contributed by atoms with Gasteiger partial charge in [0.2, 0.25) is 0 Å². The van der Waals surface area contributed by atoms with Crippen LogP contribution in [-0.2, 0) is 9.59 Å². The van der Waals surface area contributed by atoms with E-state index in [0.29, 0.717) is 29.4 Å². The number of fused-ring (bicyclic) bond motifs is 1. The van der Waals surface area contributed by atoms with Crippen LogP contribution in [0.2, 0.25) is 0 Å². The molecule has 2 aromatic rings. The van der Waals surface area contributed by atoms with Gasteiger partial charge in [0.25, 0.3) is 11.8 Å². The molecular formula is C22H27N3O4. The number of carbonyl (C=O) groups excluding carboxylic acids is 2. The molecule has 1 N–H and O–H groups in total. The number of hydrogen-bond donors (Lipinski definition) is 1.